The summed E-state index contributed by atoms with van der Waals surface area (Å²) in [6.45, 7) is 1.88. The van der Waals surface area contributed by atoms with Gasteiger partial charge in [0.25, 0.3) is 0 Å². The average Bonchev–Trinajstić information content (AvgIpc) is 3.40. The lowest BCUT2D eigenvalue weighted by Gasteiger charge is -2.42. The van der Waals surface area contributed by atoms with Crippen LogP contribution < -0.4 is 4.90 Å². The van der Waals surface area contributed by atoms with Crippen LogP contribution in [0.2, 0.25) is 0 Å². The number of likely N-dealkylation sites (tertiary alicyclic amines) is 1. The molecule has 2 heterocycles. The summed E-state index contributed by atoms with van der Waals surface area (Å²) in [7, 11) is 0. The van der Waals surface area contributed by atoms with E-state index in [0.717, 1.165) is 40.8 Å². The summed E-state index contributed by atoms with van der Waals surface area (Å²) < 4.78 is 40.2. The highest BCUT2D eigenvalue weighted by molar-refractivity contribution is 6.04. The van der Waals surface area contributed by atoms with Crippen molar-refractivity contribution in [2.24, 2.45) is 0 Å². The Bertz CT molecular complexity index is 1310. The van der Waals surface area contributed by atoms with Crippen LogP contribution in [0.4, 0.5) is 23.7 Å². The quantitative estimate of drug-likeness (QED) is 0.633. The van der Waals surface area contributed by atoms with Crippen molar-refractivity contribution in [3.05, 3.63) is 76.5 Å². The highest BCUT2D eigenvalue weighted by Crippen LogP contribution is 2.41. The second kappa shape index (κ2) is 9.97. The number of amides is 3. The summed E-state index contributed by atoms with van der Waals surface area (Å²) in [6.07, 6.45) is -3.08. The fourth-order valence-corrected chi connectivity index (χ4v) is 4.71. The highest BCUT2D eigenvalue weighted by Gasteiger charge is 2.44. The summed E-state index contributed by atoms with van der Waals surface area (Å²) in [5.74, 6) is -1.78. The van der Waals surface area contributed by atoms with Gasteiger partial charge in [-0.15, -0.1) is 0 Å². The maximum absolute atomic E-state index is 13.8. The zero-order valence-electron chi connectivity index (χ0n) is 19.8. The van der Waals surface area contributed by atoms with E-state index in [1.54, 1.807) is 4.90 Å². The number of nitrogens with zero attached hydrogens (tertiary/aromatic N) is 4. The largest absolute Gasteiger partial charge is 0.478 e. The number of allylic oxidation sites excluding steroid dienone is 1. The van der Waals surface area contributed by atoms with Crippen LogP contribution in [-0.2, 0) is 15.8 Å². The van der Waals surface area contributed by atoms with E-state index in [0.29, 0.717) is 24.2 Å². The number of alkyl halides is 3. The molecule has 0 aromatic heterocycles. The number of benzene rings is 2. The maximum Gasteiger partial charge on any atom is 0.416 e. The van der Waals surface area contributed by atoms with Crippen LogP contribution in [-0.4, -0.2) is 52.4 Å². The van der Waals surface area contributed by atoms with E-state index in [1.165, 1.54) is 37.3 Å². The van der Waals surface area contributed by atoms with Gasteiger partial charge in [0, 0.05) is 18.8 Å². The highest BCUT2D eigenvalue weighted by atomic mass is 19.4. The fraction of sp³-hybridized carbons (Fsp3) is 0.308. The molecule has 1 atom stereocenters. The summed E-state index contributed by atoms with van der Waals surface area (Å²) >= 11 is 0. The fourth-order valence-electron chi connectivity index (χ4n) is 4.71. The Morgan fingerprint density at radius 1 is 1.11 bits per heavy atom. The van der Waals surface area contributed by atoms with Crippen molar-refractivity contribution in [3.8, 4) is 6.07 Å². The van der Waals surface area contributed by atoms with Gasteiger partial charge in [-0.2, -0.15) is 18.4 Å². The van der Waals surface area contributed by atoms with E-state index in [4.69, 9.17) is 5.26 Å². The molecule has 0 spiro atoms. The minimum atomic E-state index is -4.68. The van der Waals surface area contributed by atoms with Crippen molar-refractivity contribution in [1.82, 2.24) is 9.80 Å². The number of carbonyl (C=O) groups is 3. The number of carbonyl (C=O) groups excluding carboxylic acids is 2. The van der Waals surface area contributed by atoms with Gasteiger partial charge in [0.1, 0.15) is 6.54 Å². The topological polar surface area (TPSA) is 105 Å². The Kier molecular flexibility index (Phi) is 6.94. The van der Waals surface area contributed by atoms with Crippen LogP contribution >= 0.6 is 0 Å². The molecule has 3 amide bonds. The van der Waals surface area contributed by atoms with Crippen LogP contribution in [0.3, 0.4) is 0 Å². The van der Waals surface area contributed by atoms with Crippen LogP contribution in [0.15, 0.2) is 59.8 Å². The molecule has 1 N–H and O–H groups in total. The molecule has 0 saturated carbocycles. The number of anilines is 1. The molecule has 2 aromatic carbocycles. The lowest BCUT2D eigenvalue weighted by molar-refractivity contribution is -0.137. The first kappa shape index (κ1) is 25.8. The first-order chi connectivity index (χ1) is 17.5. The van der Waals surface area contributed by atoms with Gasteiger partial charge in [-0.05, 0) is 55.7 Å². The number of urea groups is 1. The molecule has 4 rings (SSSR count). The second-order valence-electron chi connectivity index (χ2n) is 8.82. The van der Waals surface area contributed by atoms with E-state index in [-0.39, 0.29) is 17.0 Å². The number of hydrogen-bond acceptors (Lipinski definition) is 4. The molecule has 0 radical (unpaired) electrons. The lowest BCUT2D eigenvalue weighted by atomic mass is 9.92. The summed E-state index contributed by atoms with van der Waals surface area (Å²) in [5, 5.41) is 19.3. The van der Waals surface area contributed by atoms with Crippen molar-refractivity contribution in [2.75, 3.05) is 24.5 Å². The standard InChI is InChI=1S/C26H23F3N4O4/c1-16-22(24(35)36)23(18-9-7-17(14-30)8-10-18)32(15-21(34)31-11-2-3-12-31)25(37)33(16)20-6-4-5-19(13-20)26(27,28)29/h4-10,13,23H,2-3,11-12,15H2,1H3,(H,35,36)/t23-/m1/s1. The van der Waals surface area contributed by atoms with Gasteiger partial charge < -0.3 is 14.9 Å². The first-order valence-corrected chi connectivity index (χ1v) is 11.5. The summed E-state index contributed by atoms with van der Waals surface area (Å²) in [5.41, 5.74) is -0.855. The van der Waals surface area contributed by atoms with Crippen LogP contribution in [0.5, 0.6) is 0 Å². The molecule has 8 nitrogen and oxygen atoms in total. The zero-order chi connectivity index (χ0) is 26.9. The van der Waals surface area contributed by atoms with Gasteiger partial charge in [0.2, 0.25) is 5.91 Å². The first-order valence-electron chi connectivity index (χ1n) is 11.5. The molecule has 0 aliphatic carbocycles. The normalized spacial score (nSPS) is 18.3. The van der Waals surface area contributed by atoms with Gasteiger partial charge in [-0.1, -0.05) is 18.2 Å². The molecule has 37 heavy (non-hydrogen) atoms. The predicted molar refractivity (Wildman–Crippen MR) is 126 cm³/mol. The molecule has 2 aliphatic heterocycles. The van der Waals surface area contributed by atoms with E-state index < -0.39 is 42.2 Å². The van der Waals surface area contributed by atoms with Gasteiger partial charge in [0.15, 0.2) is 0 Å². The number of rotatable bonds is 5. The molecule has 1 fully saturated rings. The average molecular weight is 512 g/mol. The monoisotopic (exact) mass is 512 g/mol. The van der Waals surface area contributed by atoms with E-state index >= 15 is 0 Å². The smallest absolute Gasteiger partial charge is 0.416 e. The number of aliphatic carboxylic acids is 1. The van der Waals surface area contributed by atoms with Crippen LogP contribution in [0.1, 0.15) is 42.5 Å². The predicted octanol–water partition coefficient (Wildman–Crippen LogP) is 4.54. The third-order valence-corrected chi connectivity index (χ3v) is 6.53. The SMILES string of the molecule is CC1=C(C(=O)O)[C@@H](c2ccc(C#N)cc2)N(CC(=O)N2CCCC2)C(=O)N1c1cccc(C(F)(F)F)c1. The number of nitriles is 1. The molecular formula is C26H23F3N4O4. The minimum absolute atomic E-state index is 0.0731. The van der Waals surface area contributed by atoms with Crippen molar-refractivity contribution >= 4 is 23.6 Å². The molecule has 11 heteroatoms. The van der Waals surface area contributed by atoms with Crippen molar-refractivity contribution in [1.29, 1.82) is 5.26 Å². The summed E-state index contributed by atoms with van der Waals surface area (Å²) in [4.78, 5) is 43.0. The van der Waals surface area contributed by atoms with Gasteiger partial charge in [-0.3, -0.25) is 9.69 Å². The van der Waals surface area contributed by atoms with Crippen molar-refractivity contribution in [2.45, 2.75) is 32.0 Å². The number of halogens is 3. The Morgan fingerprint density at radius 2 is 1.76 bits per heavy atom. The van der Waals surface area contributed by atoms with Gasteiger partial charge >= 0.3 is 18.2 Å². The summed E-state index contributed by atoms with van der Waals surface area (Å²) in [6, 6.07) is 9.89. The van der Waals surface area contributed by atoms with E-state index in [9.17, 15) is 32.7 Å². The Hall–Kier alpha value is -4.33. The Balaban J connectivity index is 1.87. The molecular weight excluding hydrogens is 489 g/mol. The van der Waals surface area contributed by atoms with Crippen LogP contribution in [0, 0.1) is 11.3 Å². The molecule has 2 aromatic rings. The molecule has 0 unspecified atom stereocenters. The lowest BCUT2D eigenvalue weighted by Crippen LogP contribution is -2.53. The van der Waals surface area contributed by atoms with Crippen LogP contribution in [0.25, 0.3) is 0 Å². The van der Waals surface area contributed by atoms with Crippen molar-refractivity contribution in [3.63, 3.8) is 0 Å². The van der Waals surface area contributed by atoms with E-state index in [2.05, 4.69) is 0 Å². The third-order valence-electron chi connectivity index (χ3n) is 6.53. The number of carboxylic acid groups (broad SMARTS) is 1. The van der Waals surface area contributed by atoms with Crippen molar-refractivity contribution < 1.29 is 32.7 Å². The third kappa shape index (κ3) is 5.00. The zero-order valence-corrected chi connectivity index (χ0v) is 19.8. The Labute approximate surface area is 210 Å². The second-order valence-corrected chi connectivity index (χ2v) is 8.82. The van der Waals surface area contributed by atoms with Gasteiger partial charge in [0.05, 0.1) is 34.5 Å². The maximum atomic E-state index is 13.8. The number of carboxylic acids is 1. The number of hydrogen-bond donors (Lipinski definition) is 1. The minimum Gasteiger partial charge on any atom is -0.478 e. The van der Waals surface area contributed by atoms with E-state index in [1.807, 2.05) is 6.07 Å². The van der Waals surface area contributed by atoms with Gasteiger partial charge in [-0.25, -0.2) is 9.59 Å². The molecule has 2 aliphatic rings. The molecule has 1 saturated heterocycles. The molecule has 192 valence electrons. The Morgan fingerprint density at radius 3 is 2.32 bits per heavy atom. The molecule has 0 bridgehead atoms.